The third kappa shape index (κ3) is 4.98. The lowest BCUT2D eigenvalue weighted by Gasteiger charge is -2.26. The molecule has 0 saturated carbocycles. The van der Waals surface area contributed by atoms with Crippen molar-refractivity contribution in [1.82, 2.24) is 9.62 Å². The Morgan fingerprint density at radius 1 is 1.26 bits per heavy atom. The SMILES string of the molecule is O=C(O)c1cc(S(=O)(=O)NCCCN2CCCCC2)ccc1F. The van der Waals surface area contributed by atoms with Crippen LogP contribution in [0.1, 0.15) is 36.0 Å². The fraction of sp³-hybridized carbons (Fsp3) is 0.533. The predicted molar refractivity (Wildman–Crippen MR) is 83.5 cm³/mol. The average Bonchev–Trinajstić information content (AvgIpc) is 2.52. The van der Waals surface area contributed by atoms with Gasteiger partial charge in [-0.15, -0.1) is 0 Å². The van der Waals surface area contributed by atoms with Crippen molar-refractivity contribution in [3.05, 3.63) is 29.6 Å². The van der Waals surface area contributed by atoms with E-state index in [1.165, 1.54) is 19.3 Å². The van der Waals surface area contributed by atoms with Crippen molar-refractivity contribution in [2.75, 3.05) is 26.2 Å². The molecule has 0 spiro atoms. The molecule has 8 heteroatoms. The molecule has 1 aromatic carbocycles. The lowest BCUT2D eigenvalue weighted by Crippen LogP contribution is -2.33. The highest BCUT2D eigenvalue weighted by Gasteiger charge is 2.19. The molecule has 0 amide bonds. The van der Waals surface area contributed by atoms with Crippen molar-refractivity contribution < 1.29 is 22.7 Å². The molecule has 0 unspecified atom stereocenters. The van der Waals surface area contributed by atoms with Crippen molar-refractivity contribution >= 4 is 16.0 Å². The largest absolute Gasteiger partial charge is 0.478 e. The smallest absolute Gasteiger partial charge is 0.338 e. The summed E-state index contributed by atoms with van der Waals surface area (Å²) in [5, 5.41) is 8.85. The van der Waals surface area contributed by atoms with E-state index in [2.05, 4.69) is 9.62 Å². The molecule has 1 saturated heterocycles. The molecule has 0 radical (unpaired) electrons. The number of hydrogen-bond donors (Lipinski definition) is 2. The maximum absolute atomic E-state index is 13.3. The van der Waals surface area contributed by atoms with Crippen LogP contribution in [-0.2, 0) is 10.0 Å². The van der Waals surface area contributed by atoms with E-state index in [0.717, 1.165) is 37.8 Å². The standard InChI is InChI=1S/C15H21FN2O4S/c16-14-6-5-12(11-13(14)15(19)20)23(21,22)17-7-4-10-18-8-2-1-3-9-18/h5-6,11,17H,1-4,7-10H2,(H,19,20). The number of piperidine rings is 1. The number of likely N-dealkylation sites (tertiary alicyclic amines) is 1. The van der Waals surface area contributed by atoms with Crippen molar-refractivity contribution in [3.63, 3.8) is 0 Å². The van der Waals surface area contributed by atoms with E-state index < -0.39 is 27.4 Å². The summed E-state index contributed by atoms with van der Waals surface area (Å²) in [6.45, 7) is 3.18. The van der Waals surface area contributed by atoms with Gasteiger partial charge in [0.05, 0.1) is 10.5 Å². The summed E-state index contributed by atoms with van der Waals surface area (Å²) in [6.07, 6.45) is 4.28. The van der Waals surface area contributed by atoms with Crippen molar-refractivity contribution in [2.24, 2.45) is 0 Å². The van der Waals surface area contributed by atoms with Gasteiger partial charge in [-0.05, 0) is 57.1 Å². The number of rotatable bonds is 7. The minimum atomic E-state index is -3.83. The molecule has 2 N–H and O–H groups in total. The lowest BCUT2D eigenvalue weighted by molar-refractivity contribution is 0.0691. The van der Waals surface area contributed by atoms with Gasteiger partial charge in [-0.2, -0.15) is 0 Å². The summed E-state index contributed by atoms with van der Waals surface area (Å²) in [7, 11) is -3.83. The first kappa shape index (κ1) is 17.8. The summed E-state index contributed by atoms with van der Waals surface area (Å²) in [5.74, 6) is -2.45. The first-order valence-electron chi connectivity index (χ1n) is 7.65. The minimum Gasteiger partial charge on any atom is -0.478 e. The average molecular weight is 344 g/mol. The number of hydrogen-bond acceptors (Lipinski definition) is 4. The molecular weight excluding hydrogens is 323 g/mol. The highest BCUT2D eigenvalue weighted by atomic mass is 32.2. The Hall–Kier alpha value is -1.51. The Balaban J connectivity index is 1.91. The van der Waals surface area contributed by atoms with Gasteiger partial charge < -0.3 is 10.0 Å². The molecule has 1 aliphatic rings. The van der Waals surface area contributed by atoms with Gasteiger partial charge in [-0.1, -0.05) is 6.42 Å². The molecule has 0 aromatic heterocycles. The van der Waals surface area contributed by atoms with Crippen molar-refractivity contribution in [3.8, 4) is 0 Å². The molecule has 1 aliphatic heterocycles. The Bertz CT molecular complexity index is 657. The number of sulfonamides is 1. The summed E-state index contributed by atoms with van der Waals surface area (Å²) in [6, 6.07) is 2.76. The molecule has 1 fully saturated rings. The maximum atomic E-state index is 13.3. The van der Waals surface area contributed by atoms with E-state index in [4.69, 9.17) is 5.11 Å². The zero-order valence-electron chi connectivity index (χ0n) is 12.8. The van der Waals surface area contributed by atoms with Gasteiger partial charge in [0.25, 0.3) is 0 Å². The Morgan fingerprint density at radius 2 is 1.96 bits per heavy atom. The number of carboxylic acid groups (broad SMARTS) is 1. The van der Waals surface area contributed by atoms with Gasteiger partial charge in [-0.25, -0.2) is 22.3 Å². The quantitative estimate of drug-likeness (QED) is 0.735. The van der Waals surface area contributed by atoms with Gasteiger partial charge in [0.2, 0.25) is 10.0 Å². The zero-order valence-corrected chi connectivity index (χ0v) is 13.6. The topological polar surface area (TPSA) is 86.7 Å². The molecule has 0 bridgehead atoms. The molecule has 6 nitrogen and oxygen atoms in total. The number of nitrogens with one attached hydrogen (secondary N) is 1. The number of aromatic carboxylic acids is 1. The normalized spacial score (nSPS) is 16.4. The lowest BCUT2D eigenvalue weighted by atomic mass is 10.1. The molecular formula is C15H21FN2O4S. The Kier molecular flexibility index (Phi) is 6.09. The van der Waals surface area contributed by atoms with Crippen LogP contribution >= 0.6 is 0 Å². The van der Waals surface area contributed by atoms with Gasteiger partial charge in [0, 0.05) is 6.54 Å². The van der Waals surface area contributed by atoms with E-state index in [0.29, 0.717) is 6.42 Å². The molecule has 1 heterocycles. The molecule has 0 aliphatic carbocycles. The molecule has 128 valence electrons. The van der Waals surface area contributed by atoms with Crippen LogP contribution < -0.4 is 4.72 Å². The first-order valence-corrected chi connectivity index (χ1v) is 9.13. The van der Waals surface area contributed by atoms with Crippen LogP contribution in [0.3, 0.4) is 0 Å². The van der Waals surface area contributed by atoms with Crippen molar-refractivity contribution in [2.45, 2.75) is 30.6 Å². The van der Waals surface area contributed by atoms with Crippen LogP contribution in [-0.4, -0.2) is 50.6 Å². The van der Waals surface area contributed by atoms with Gasteiger partial charge in [-0.3, -0.25) is 0 Å². The Morgan fingerprint density at radius 3 is 2.61 bits per heavy atom. The van der Waals surface area contributed by atoms with Crippen LogP contribution in [0.4, 0.5) is 4.39 Å². The number of carbonyl (C=O) groups is 1. The molecule has 23 heavy (non-hydrogen) atoms. The fourth-order valence-corrected chi connectivity index (χ4v) is 3.71. The molecule has 1 aromatic rings. The summed E-state index contributed by atoms with van der Waals surface area (Å²) < 4.78 is 40.0. The van der Waals surface area contributed by atoms with Crippen LogP contribution in [0.5, 0.6) is 0 Å². The third-order valence-electron chi connectivity index (χ3n) is 3.87. The van der Waals surface area contributed by atoms with E-state index in [1.54, 1.807) is 0 Å². The number of nitrogens with zero attached hydrogens (tertiary/aromatic N) is 1. The van der Waals surface area contributed by atoms with Crippen LogP contribution in [0, 0.1) is 5.82 Å². The van der Waals surface area contributed by atoms with Crippen LogP contribution in [0.2, 0.25) is 0 Å². The highest BCUT2D eigenvalue weighted by molar-refractivity contribution is 7.89. The Labute approximate surface area is 135 Å². The monoisotopic (exact) mass is 344 g/mol. The van der Waals surface area contributed by atoms with Gasteiger partial charge in [0.1, 0.15) is 5.82 Å². The maximum Gasteiger partial charge on any atom is 0.338 e. The van der Waals surface area contributed by atoms with Crippen LogP contribution in [0.25, 0.3) is 0 Å². The third-order valence-corrected chi connectivity index (χ3v) is 5.33. The zero-order chi connectivity index (χ0) is 16.9. The summed E-state index contributed by atoms with van der Waals surface area (Å²) in [4.78, 5) is 12.9. The van der Waals surface area contributed by atoms with E-state index in [-0.39, 0.29) is 11.4 Å². The summed E-state index contributed by atoms with van der Waals surface area (Å²) >= 11 is 0. The summed E-state index contributed by atoms with van der Waals surface area (Å²) in [5.41, 5.74) is -0.652. The first-order chi connectivity index (χ1) is 10.9. The number of benzene rings is 1. The second-order valence-electron chi connectivity index (χ2n) is 5.60. The van der Waals surface area contributed by atoms with Gasteiger partial charge >= 0.3 is 5.97 Å². The number of carboxylic acids is 1. The van der Waals surface area contributed by atoms with Crippen molar-refractivity contribution in [1.29, 1.82) is 0 Å². The minimum absolute atomic E-state index is 0.241. The second-order valence-corrected chi connectivity index (χ2v) is 7.37. The molecule has 0 atom stereocenters. The van der Waals surface area contributed by atoms with E-state index >= 15 is 0 Å². The van der Waals surface area contributed by atoms with Crippen LogP contribution in [0.15, 0.2) is 23.1 Å². The number of halogens is 1. The predicted octanol–water partition coefficient (Wildman–Crippen LogP) is 1.68. The fourth-order valence-electron chi connectivity index (χ4n) is 2.61. The highest BCUT2D eigenvalue weighted by Crippen LogP contribution is 2.15. The second kappa shape index (κ2) is 7.85. The van der Waals surface area contributed by atoms with E-state index in [1.807, 2.05) is 0 Å². The molecule has 2 rings (SSSR count). The van der Waals surface area contributed by atoms with Gasteiger partial charge in [0.15, 0.2) is 0 Å². The van der Waals surface area contributed by atoms with E-state index in [9.17, 15) is 17.6 Å².